The summed E-state index contributed by atoms with van der Waals surface area (Å²) in [5.74, 6) is 0.663. The predicted octanol–water partition coefficient (Wildman–Crippen LogP) is 4.16. The quantitative estimate of drug-likeness (QED) is 0.774. The second-order valence-electron chi connectivity index (χ2n) is 5.37. The molecule has 0 radical (unpaired) electrons. The molecule has 1 fully saturated rings. The molecule has 1 aromatic rings. The fourth-order valence-electron chi connectivity index (χ4n) is 2.74. The summed E-state index contributed by atoms with van der Waals surface area (Å²) in [5, 5.41) is 4.53. The largest absolute Gasteiger partial charge is 0.370 e. The maximum absolute atomic E-state index is 6.37. The van der Waals surface area contributed by atoms with Crippen LogP contribution >= 0.6 is 34.2 Å². The van der Waals surface area contributed by atoms with E-state index in [-0.39, 0.29) is 0 Å². The van der Waals surface area contributed by atoms with Gasteiger partial charge in [0.25, 0.3) is 0 Å². The smallest absolute Gasteiger partial charge is 0.0650 e. The van der Waals surface area contributed by atoms with Crippen LogP contribution in [0, 0.1) is 9.49 Å². The van der Waals surface area contributed by atoms with Crippen LogP contribution in [0.1, 0.15) is 26.7 Å². The monoisotopic (exact) mass is 392 g/mol. The van der Waals surface area contributed by atoms with Crippen molar-refractivity contribution >= 4 is 39.9 Å². The fraction of sp³-hybridized carbons (Fsp3) is 0.600. The molecule has 1 heterocycles. The van der Waals surface area contributed by atoms with E-state index in [1.165, 1.54) is 22.1 Å². The summed E-state index contributed by atoms with van der Waals surface area (Å²) < 4.78 is 1.19. The summed E-state index contributed by atoms with van der Waals surface area (Å²) in [6.07, 6.45) is 2.40. The SMILES string of the molecule is CCCNC1CCN(c2ccc(I)cc2Cl)CC1C. The lowest BCUT2D eigenvalue weighted by Crippen LogP contribution is -2.48. The van der Waals surface area contributed by atoms with Crippen molar-refractivity contribution < 1.29 is 0 Å². The number of hydrogen-bond acceptors (Lipinski definition) is 2. The number of hydrogen-bond donors (Lipinski definition) is 1. The summed E-state index contributed by atoms with van der Waals surface area (Å²) in [5.41, 5.74) is 1.18. The van der Waals surface area contributed by atoms with Crippen LogP contribution in [0.3, 0.4) is 0 Å². The number of halogens is 2. The van der Waals surface area contributed by atoms with Crippen LogP contribution < -0.4 is 10.2 Å². The molecular weight excluding hydrogens is 371 g/mol. The molecule has 1 N–H and O–H groups in total. The fourth-order valence-corrected chi connectivity index (χ4v) is 3.71. The van der Waals surface area contributed by atoms with E-state index in [0.717, 1.165) is 24.7 Å². The predicted molar refractivity (Wildman–Crippen MR) is 92.2 cm³/mol. The topological polar surface area (TPSA) is 15.3 Å². The van der Waals surface area contributed by atoms with Gasteiger partial charge in [-0.1, -0.05) is 25.4 Å². The van der Waals surface area contributed by atoms with Crippen LogP contribution in [0.15, 0.2) is 18.2 Å². The maximum atomic E-state index is 6.37. The highest BCUT2D eigenvalue weighted by molar-refractivity contribution is 14.1. The normalized spacial score (nSPS) is 23.7. The van der Waals surface area contributed by atoms with Crippen LogP contribution in [0.2, 0.25) is 5.02 Å². The highest BCUT2D eigenvalue weighted by Gasteiger charge is 2.26. The van der Waals surface area contributed by atoms with E-state index in [2.05, 4.69) is 58.8 Å². The molecule has 1 aromatic carbocycles. The zero-order valence-electron chi connectivity index (χ0n) is 11.6. The molecule has 1 aliphatic rings. The molecule has 0 saturated carbocycles. The number of rotatable bonds is 4. The van der Waals surface area contributed by atoms with E-state index in [9.17, 15) is 0 Å². The zero-order valence-corrected chi connectivity index (χ0v) is 14.5. The second kappa shape index (κ2) is 7.14. The lowest BCUT2D eigenvalue weighted by atomic mass is 9.93. The molecule has 2 atom stereocenters. The van der Waals surface area contributed by atoms with Gasteiger partial charge in [0.2, 0.25) is 0 Å². The van der Waals surface area contributed by atoms with Crippen LogP contribution in [0.4, 0.5) is 5.69 Å². The first-order valence-electron chi connectivity index (χ1n) is 7.05. The average molecular weight is 393 g/mol. The molecule has 0 aliphatic carbocycles. The molecule has 0 amide bonds. The Morgan fingerprint density at radius 1 is 1.47 bits per heavy atom. The summed E-state index contributed by atoms with van der Waals surface area (Å²) in [6, 6.07) is 6.98. The van der Waals surface area contributed by atoms with Gasteiger partial charge in [-0.05, 0) is 66.1 Å². The molecule has 19 heavy (non-hydrogen) atoms. The molecule has 0 spiro atoms. The van der Waals surface area contributed by atoms with Gasteiger partial charge in [-0.25, -0.2) is 0 Å². The molecule has 2 rings (SSSR count). The van der Waals surface area contributed by atoms with Gasteiger partial charge in [0.15, 0.2) is 0 Å². The van der Waals surface area contributed by atoms with Gasteiger partial charge in [0, 0.05) is 22.7 Å². The van der Waals surface area contributed by atoms with Gasteiger partial charge in [0.05, 0.1) is 10.7 Å². The summed E-state index contributed by atoms with van der Waals surface area (Å²) in [7, 11) is 0. The first kappa shape index (κ1) is 15.4. The highest BCUT2D eigenvalue weighted by atomic mass is 127. The van der Waals surface area contributed by atoms with Crippen LogP contribution in [0.5, 0.6) is 0 Å². The number of nitrogens with zero attached hydrogens (tertiary/aromatic N) is 1. The van der Waals surface area contributed by atoms with Crippen molar-refractivity contribution in [2.24, 2.45) is 5.92 Å². The highest BCUT2D eigenvalue weighted by Crippen LogP contribution is 2.31. The lowest BCUT2D eigenvalue weighted by molar-refractivity contribution is 0.322. The van der Waals surface area contributed by atoms with Crippen LogP contribution in [-0.4, -0.2) is 25.7 Å². The van der Waals surface area contributed by atoms with Gasteiger partial charge < -0.3 is 10.2 Å². The standard InChI is InChI=1S/C15H22ClIN2/c1-3-7-18-14-6-8-19(10-11(14)2)15-5-4-12(17)9-13(15)16/h4-5,9,11,14,18H,3,6-8,10H2,1-2H3. The Bertz CT molecular complexity index is 425. The van der Waals surface area contributed by atoms with Crippen molar-refractivity contribution in [2.45, 2.75) is 32.7 Å². The van der Waals surface area contributed by atoms with E-state index in [1.54, 1.807) is 0 Å². The number of anilines is 1. The van der Waals surface area contributed by atoms with E-state index in [0.29, 0.717) is 12.0 Å². The Kier molecular flexibility index (Phi) is 5.78. The van der Waals surface area contributed by atoms with Gasteiger partial charge in [-0.15, -0.1) is 0 Å². The first-order valence-corrected chi connectivity index (χ1v) is 8.51. The average Bonchev–Trinajstić information content (AvgIpc) is 2.37. The Morgan fingerprint density at radius 2 is 2.26 bits per heavy atom. The summed E-state index contributed by atoms with van der Waals surface area (Å²) in [6.45, 7) is 7.85. The lowest BCUT2D eigenvalue weighted by Gasteiger charge is -2.39. The summed E-state index contributed by atoms with van der Waals surface area (Å²) >= 11 is 8.67. The second-order valence-corrected chi connectivity index (χ2v) is 7.02. The molecular formula is C15H22ClIN2. The van der Waals surface area contributed by atoms with E-state index in [4.69, 9.17) is 11.6 Å². The summed E-state index contributed by atoms with van der Waals surface area (Å²) in [4.78, 5) is 2.42. The molecule has 4 heteroatoms. The third kappa shape index (κ3) is 3.99. The van der Waals surface area contributed by atoms with Gasteiger partial charge in [-0.2, -0.15) is 0 Å². The van der Waals surface area contributed by atoms with Crippen molar-refractivity contribution in [1.82, 2.24) is 5.32 Å². The minimum absolute atomic E-state index is 0.652. The van der Waals surface area contributed by atoms with Crippen molar-refractivity contribution in [3.63, 3.8) is 0 Å². The molecule has 1 saturated heterocycles. The van der Waals surface area contributed by atoms with Crippen molar-refractivity contribution in [1.29, 1.82) is 0 Å². The van der Waals surface area contributed by atoms with Crippen LogP contribution in [-0.2, 0) is 0 Å². The minimum atomic E-state index is 0.652. The minimum Gasteiger partial charge on any atom is -0.370 e. The molecule has 1 aliphatic heterocycles. The molecule has 0 bridgehead atoms. The maximum Gasteiger partial charge on any atom is 0.0650 e. The molecule has 106 valence electrons. The molecule has 2 unspecified atom stereocenters. The Balaban J connectivity index is 2.01. The van der Waals surface area contributed by atoms with E-state index >= 15 is 0 Å². The van der Waals surface area contributed by atoms with Crippen molar-refractivity contribution in [3.05, 3.63) is 26.8 Å². The Hall–Kier alpha value is -0.0000000000000000555. The van der Waals surface area contributed by atoms with Gasteiger partial charge in [0.1, 0.15) is 0 Å². The van der Waals surface area contributed by atoms with Gasteiger partial charge in [-0.3, -0.25) is 0 Å². The van der Waals surface area contributed by atoms with Gasteiger partial charge >= 0.3 is 0 Å². The number of benzene rings is 1. The number of nitrogens with one attached hydrogen (secondary N) is 1. The molecule has 2 nitrogen and oxygen atoms in total. The Labute approximate surface area is 135 Å². The van der Waals surface area contributed by atoms with E-state index in [1.807, 2.05) is 6.07 Å². The zero-order chi connectivity index (χ0) is 13.8. The van der Waals surface area contributed by atoms with Crippen LogP contribution in [0.25, 0.3) is 0 Å². The van der Waals surface area contributed by atoms with Crippen molar-refractivity contribution in [3.8, 4) is 0 Å². The Morgan fingerprint density at radius 3 is 2.89 bits per heavy atom. The van der Waals surface area contributed by atoms with Crippen molar-refractivity contribution in [2.75, 3.05) is 24.5 Å². The number of piperidine rings is 1. The first-order chi connectivity index (χ1) is 9.11. The third-order valence-electron chi connectivity index (χ3n) is 3.81. The van der Waals surface area contributed by atoms with E-state index < -0.39 is 0 Å². The molecule has 0 aromatic heterocycles. The third-order valence-corrected chi connectivity index (χ3v) is 4.79.